The zero-order chi connectivity index (χ0) is 14.1. The van der Waals surface area contributed by atoms with Gasteiger partial charge in [-0.25, -0.2) is 13.8 Å². The number of aromatic nitrogens is 3. The van der Waals surface area contributed by atoms with Crippen LogP contribution in [0.5, 0.6) is 0 Å². The predicted molar refractivity (Wildman–Crippen MR) is 68.3 cm³/mol. The van der Waals surface area contributed by atoms with Gasteiger partial charge in [-0.1, -0.05) is 6.92 Å². The first kappa shape index (κ1) is 16.0. The van der Waals surface area contributed by atoms with E-state index in [0.717, 1.165) is 18.8 Å². The van der Waals surface area contributed by atoms with Crippen molar-refractivity contribution in [2.75, 3.05) is 20.3 Å². The van der Waals surface area contributed by atoms with Crippen LogP contribution in [0.3, 0.4) is 0 Å². The first-order valence-corrected chi connectivity index (χ1v) is 6.57. The molecular weight excluding hydrogens is 254 g/mol. The van der Waals surface area contributed by atoms with E-state index in [-0.39, 0.29) is 6.04 Å². The molecule has 7 heteroatoms. The fourth-order valence-electron chi connectivity index (χ4n) is 1.81. The van der Waals surface area contributed by atoms with Crippen LogP contribution < -0.4 is 5.32 Å². The molecule has 1 aromatic heterocycles. The molecule has 1 atom stereocenters. The molecule has 0 fully saturated rings. The van der Waals surface area contributed by atoms with Crippen molar-refractivity contribution in [2.45, 2.75) is 45.2 Å². The highest BCUT2D eigenvalue weighted by Gasteiger charge is 2.12. The maximum absolute atomic E-state index is 11.9. The van der Waals surface area contributed by atoms with Crippen LogP contribution in [0.15, 0.2) is 6.33 Å². The van der Waals surface area contributed by atoms with Gasteiger partial charge in [-0.05, 0) is 19.9 Å². The Hall–Kier alpha value is -1.08. The van der Waals surface area contributed by atoms with Gasteiger partial charge < -0.3 is 10.1 Å². The fourth-order valence-corrected chi connectivity index (χ4v) is 1.81. The molecule has 0 saturated heterocycles. The Morgan fingerprint density at radius 1 is 1.47 bits per heavy atom. The Balaban J connectivity index is 2.36. The zero-order valence-electron chi connectivity index (χ0n) is 11.5. The SMILES string of the molecule is CCCn1ncnc1CC(CCOCC(F)F)NC. The normalized spacial score (nSPS) is 13.1. The van der Waals surface area contributed by atoms with Crippen molar-refractivity contribution in [1.82, 2.24) is 20.1 Å². The summed E-state index contributed by atoms with van der Waals surface area (Å²) in [4.78, 5) is 4.23. The van der Waals surface area contributed by atoms with Gasteiger partial charge >= 0.3 is 0 Å². The Bertz CT molecular complexity index is 346. The lowest BCUT2D eigenvalue weighted by Gasteiger charge is -2.16. The molecular formula is C12H22F2N4O. The molecule has 1 aromatic rings. The van der Waals surface area contributed by atoms with E-state index < -0.39 is 13.0 Å². The molecule has 1 heterocycles. The third kappa shape index (κ3) is 6.07. The summed E-state index contributed by atoms with van der Waals surface area (Å²) in [6.07, 6.45) is 1.53. The van der Waals surface area contributed by atoms with Crippen LogP contribution in [-0.2, 0) is 17.7 Å². The monoisotopic (exact) mass is 276 g/mol. The Morgan fingerprint density at radius 3 is 2.89 bits per heavy atom. The Labute approximate surface area is 112 Å². The summed E-state index contributed by atoms with van der Waals surface area (Å²) in [7, 11) is 1.85. The molecule has 0 saturated carbocycles. The number of alkyl halides is 2. The standard InChI is InChI=1S/C12H22F2N4O/c1-3-5-18-12(16-9-17-18)7-10(15-2)4-6-19-8-11(13)14/h9-11,15H,3-8H2,1-2H3. The summed E-state index contributed by atoms with van der Waals surface area (Å²) in [5.74, 6) is 0.912. The molecule has 1 unspecified atom stereocenters. The van der Waals surface area contributed by atoms with Crippen LogP contribution in [-0.4, -0.2) is 47.5 Å². The number of nitrogens with zero attached hydrogens (tertiary/aromatic N) is 3. The molecule has 0 aliphatic carbocycles. The summed E-state index contributed by atoms with van der Waals surface area (Å²) in [5.41, 5.74) is 0. The first-order chi connectivity index (χ1) is 9.17. The molecule has 0 aromatic carbocycles. The molecule has 1 rings (SSSR count). The van der Waals surface area contributed by atoms with Gasteiger partial charge in [0.1, 0.15) is 18.8 Å². The van der Waals surface area contributed by atoms with Gasteiger partial charge in [-0.2, -0.15) is 5.10 Å². The van der Waals surface area contributed by atoms with Crippen molar-refractivity contribution >= 4 is 0 Å². The zero-order valence-corrected chi connectivity index (χ0v) is 11.5. The first-order valence-electron chi connectivity index (χ1n) is 6.57. The Kier molecular flexibility index (Phi) is 7.50. The summed E-state index contributed by atoms with van der Waals surface area (Å²) >= 11 is 0. The van der Waals surface area contributed by atoms with E-state index in [9.17, 15) is 8.78 Å². The van der Waals surface area contributed by atoms with Crippen molar-refractivity contribution in [3.8, 4) is 0 Å². The van der Waals surface area contributed by atoms with E-state index in [1.807, 2.05) is 11.7 Å². The van der Waals surface area contributed by atoms with Crippen LogP contribution >= 0.6 is 0 Å². The van der Waals surface area contributed by atoms with Crippen LogP contribution in [0.25, 0.3) is 0 Å². The summed E-state index contributed by atoms with van der Waals surface area (Å²) < 4.78 is 30.6. The molecule has 19 heavy (non-hydrogen) atoms. The lowest BCUT2D eigenvalue weighted by atomic mass is 10.1. The highest BCUT2D eigenvalue weighted by Crippen LogP contribution is 2.04. The van der Waals surface area contributed by atoms with Crippen LogP contribution in [0.1, 0.15) is 25.6 Å². The van der Waals surface area contributed by atoms with Crippen LogP contribution in [0.4, 0.5) is 8.78 Å². The maximum atomic E-state index is 11.9. The highest BCUT2D eigenvalue weighted by atomic mass is 19.3. The van der Waals surface area contributed by atoms with Gasteiger partial charge in [-0.3, -0.25) is 4.68 Å². The number of halogens is 2. The lowest BCUT2D eigenvalue weighted by molar-refractivity contribution is 0.0145. The fraction of sp³-hybridized carbons (Fsp3) is 0.833. The van der Waals surface area contributed by atoms with Crippen LogP contribution in [0.2, 0.25) is 0 Å². The van der Waals surface area contributed by atoms with Crippen molar-refractivity contribution in [1.29, 1.82) is 0 Å². The third-order valence-corrected chi connectivity index (χ3v) is 2.82. The molecule has 0 aliphatic rings. The second-order valence-electron chi connectivity index (χ2n) is 4.34. The lowest BCUT2D eigenvalue weighted by Crippen LogP contribution is -2.30. The molecule has 0 spiro atoms. The van der Waals surface area contributed by atoms with Gasteiger partial charge in [0, 0.05) is 25.6 Å². The number of aryl methyl sites for hydroxylation is 1. The summed E-state index contributed by atoms with van der Waals surface area (Å²) in [6, 6.07) is 0.150. The minimum absolute atomic E-state index is 0.150. The second kappa shape index (κ2) is 8.92. The van der Waals surface area contributed by atoms with E-state index >= 15 is 0 Å². The van der Waals surface area contributed by atoms with E-state index in [4.69, 9.17) is 4.74 Å². The minimum atomic E-state index is -2.40. The quantitative estimate of drug-likeness (QED) is 0.658. The largest absolute Gasteiger partial charge is 0.375 e. The molecule has 1 N–H and O–H groups in total. The summed E-state index contributed by atoms with van der Waals surface area (Å²) in [5, 5.41) is 7.31. The molecule has 5 nitrogen and oxygen atoms in total. The average Bonchev–Trinajstić information content (AvgIpc) is 2.80. The number of hydrogen-bond donors (Lipinski definition) is 1. The van der Waals surface area contributed by atoms with E-state index in [0.29, 0.717) is 19.4 Å². The highest BCUT2D eigenvalue weighted by molar-refractivity contribution is 4.89. The molecule has 0 amide bonds. The topological polar surface area (TPSA) is 52.0 Å². The number of likely N-dealkylation sites (N-methyl/N-ethyl adjacent to an activating group) is 1. The van der Waals surface area contributed by atoms with Crippen molar-refractivity contribution in [3.63, 3.8) is 0 Å². The molecule has 0 radical (unpaired) electrons. The second-order valence-corrected chi connectivity index (χ2v) is 4.34. The van der Waals surface area contributed by atoms with Crippen molar-refractivity contribution in [3.05, 3.63) is 12.2 Å². The number of hydrogen-bond acceptors (Lipinski definition) is 4. The summed E-state index contributed by atoms with van der Waals surface area (Å²) in [6.45, 7) is 2.74. The van der Waals surface area contributed by atoms with Gasteiger partial charge in [0.25, 0.3) is 6.43 Å². The van der Waals surface area contributed by atoms with Gasteiger partial charge in [0.2, 0.25) is 0 Å². The van der Waals surface area contributed by atoms with Crippen molar-refractivity contribution < 1.29 is 13.5 Å². The number of nitrogens with one attached hydrogen (secondary N) is 1. The van der Waals surface area contributed by atoms with Crippen LogP contribution in [0, 0.1) is 0 Å². The Morgan fingerprint density at radius 2 is 2.26 bits per heavy atom. The van der Waals surface area contributed by atoms with Gasteiger partial charge in [0.05, 0.1) is 0 Å². The minimum Gasteiger partial charge on any atom is -0.375 e. The average molecular weight is 276 g/mol. The van der Waals surface area contributed by atoms with E-state index in [1.54, 1.807) is 6.33 Å². The smallest absolute Gasteiger partial charge is 0.261 e. The maximum Gasteiger partial charge on any atom is 0.261 e. The predicted octanol–water partition coefficient (Wildman–Crippen LogP) is 1.49. The molecule has 110 valence electrons. The van der Waals surface area contributed by atoms with E-state index in [2.05, 4.69) is 22.3 Å². The van der Waals surface area contributed by atoms with Gasteiger partial charge in [-0.15, -0.1) is 0 Å². The number of rotatable bonds is 10. The van der Waals surface area contributed by atoms with E-state index in [1.165, 1.54) is 0 Å². The van der Waals surface area contributed by atoms with Gasteiger partial charge in [0.15, 0.2) is 0 Å². The number of ether oxygens (including phenoxy) is 1. The van der Waals surface area contributed by atoms with Crippen molar-refractivity contribution in [2.24, 2.45) is 0 Å². The third-order valence-electron chi connectivity index (χ3n) is 2.82. The molecule has 0 aliphatic heterocycles. The molecule has 0 bridgehead atoms.